The third-order valence-corrected chi connectivity index (χ3v) is 6.89. The molecule has 1 amide bonds. The molecular weight excluding hydrogens is 342 g/mol. The quantitative estimate of drug-likeness (QED) is 0.759. The molecule has 1 unspecified atom stereocenters. The molecule has 0 aromatic rings. The van der Waals surface area contributed by atoms with E-state index in [9.17, 15) is 4.79 Å². The van der Waals surface area contributed by atoms with Crippen LogP contribution >= 0.6 is 0 Å². The molecule has 1 atom stereocenters. The molecule has 2 aliphatic heterocycles. The maximum Gasteiger partial charge on any atom is 0.290 e. The molecule has 2 heterocycles. The van der Waals surface area contributed by atoms with Gasteiger partial charge in [0.05, 0.1) is 0 Å². The Bertz CT molecular complexity index is 456. The molecule has 1 N–H and O–H groups in total. The first-order valence-electron chi connectivity index (χ1n) is 10.8. The lowest BCUT2D eigenvalue weighted by Gasteiger charge is -2.36. The van der Waals surface area contributed by atoms with Gasteiger partial charge >= 0.3 is 0 Å². The zero-order chi connectivity index (χ0) is 19.7. The lowest BCUT2D eigenvalue weighted by Crippen LogP contribution is -2.48. The van der Waals surface area contributed by atoms with E-state index in [1.807, 2.05) is 0 Å². The van der Waals surface area contributed by atoms with Crippen molar-refractivity contribution in [1.29, 1.82) is 0 Å². The molecule has 156 valence electrons. The number of likely N-dealkylation sites (tertiary alicyclic amines) is 1. The number of likely N-dealkylation sites (N-methyl/N-ethyl adjacent to an activating group) is 1. The Labute approximate surface area is 164 Å². The van der Waals surface area contributed by atoms with Gasteiger partial charge in [-0.05, 0) is 45.1 Å². The molecule has 3 fully saturated rings. The van der Waals surface area contributed by atoms with Crippen LogP contribution < -0.4 is 0 Å². The van der Waals surface area contributed by atoms with Gasteiger partial charge in [0.1, 0.15) is 0 Å². The lowest BCUT2D eigenvalue weighted by molar-refractivity contribution is -0.131. The Morgan fingerprint density at radius 3 is 2.22 bits per heavy atom. The van der Waals surface area contributed by atoms with Crippen molar-refractivity contribution < 1.29 is 14.7 Å². The molecule has 1 saturated carbocycles. The van der Waals surface area contributed by atoms with Crippen LogP contribution in [0.1, 0.15) is 64.7 Å². The first kappa shape index (κ1) is 22.2. The van der Waals surface area contributed by atoms with Crippen LogP contribution in [0.3, 0.4) is 0 Å². The molecule has 0 bridgehead atoms. The zero-order valence-electron chi connectivity index (χ0n) is 17.4. The highest BCUT2D eigenvalue weighted by Crippen LogP contribution is 2.42. The topological polar surface area (TPSA) is 64.1 Å². The van der Waals surface area contributed by atoms with Crippen LogP contribution in [-0.4, -0.2) is 84.5 Å². The minimum Gasteiger partial charge on any atom is -0.483 e. The number of hydrogen-bond donors (Lipinski definition) is 1. The Balaban J connectivity index is 0.000000817. The summed E-state index contributed by atoms with van der Waals surface area (Å²) in [7, 11) is 2.20. The third kappa shape index (κ3) is 6.75. The third-order valence-electron chi connectivity index (χ3n) is 6.89. The summed E-state index contributed by atoms with van der Waals surface area (Å²) in [6.07, 6.45) is 11.3. The van der Waals surface area contributed by atoms with Gasteiger partial charge in [-0.3, -0.25) is 14.5 Å². The number of carbonyl (C=O) groups excluding carboxylic acids is 1. The number of nitrogens with zero attached hydrogens (tertiary/aromatic N) is 3. The molecule has 1 aliphatic carbocycles. The summed E-state index contributed by atoms with van der Waals surface area (Å²) in [5.41, 5.74) is 0.481. The molecule has 6 nitrogen and oxygen atoms in total. The molecule has 3 rings (SSSR count). The fraction of sp³-hybridized carbons (Fsp3) is 0.905. The van der Waals surface area contributed by atoms with E-state index in [1.165, 1.54) is 44.9 Å². The second-order valence-corrected chi connectivity index (χ2v) is 8.81. The van der Waals surface area contributed by atoms with Gasteiger partial charge in [-0.25, -0.2) is 0 Å². The minimum absolute atomic E-state index is 0.250. The monoisotopic (exact) mass is 381 g/mol. The molecule has 27 heavy (non-hydrogen) atoms. The molecule has 6 heteroatoms. The molecule has 0 aromatic heterocycles. The number of amides is 1. The largest absolute Gasteiger partial charge is 0.483 e. The van der Waals surface area contributed by atoms with Gasteiger partial charge in [0, 0.05) is 51.7 Å². The predicted octanol–water partition coefficient (Wildman–Crippen LogP) is 2.68. The van der Waals surface area contributed by atoms with Crippen LogP contribution in [0.4, 0.5) is 0 Å². The van der Waals surface area contributed by atoms with Crippen molar-refractivity contribution in [2.24, 2.45) is 5.41 Å². The molecule has 1 spiro atoms. The van der Waals surface area contributed by atoms with E-state index in [2.05, 4.69) is 28.7 Å². The fourth-order valence-electron chi connectivity index (χ4n) is 4.97. The number of piperazine rings is 1. The summed E-state index contributed by atoms with van der Waals surface area (Å²) >= 11 is 0. The van der Waals surface area contributed by atoms with E-state index >= 15 is 0 Å². The number of carbonyl (C=O) groups is 2. The highest BCUT2D eigenvalue weighted by Gasteiger charge is 2.39. The smallest absolute Gasteiger partial charge is 0.290 e. The predicted molar refractivity (Wildman–Crippen MR) is 108 cm³/mol. The molecule has 0 radical (unpaired) electrons. The Morgan fingerprint density at radius 1 is 1.04 bits per heavy atom. The van der Waals surface area contributed by atoms with Gasteiger partial charge in [0.2, 0.25) is 5.91 Å². The van der Waals surface area contributed by atoms with E-state index in [0.717, 1.165) is 52.1 Å². The van der Waals surface area contributed by atoms with Gasteiger partial charge in [-0.2, -0.15) is 0 Å². The average Bonchev–Trinajstić information content (AvgIpc) is 2.93. The summed E-state index contributed by atoms with van der Waals surface area (Å²) in [4.78, 5) is 28.2. The second-order valence-electron chi connectivity index (χ2n) is 8.81. The lowest BCUT2D eigenvalue weighted by atomic mass is 9.80. The molecule has 3 aliphatic rings. The highest BCUT2D eigenvalue weighted by molar-refractivity contribution is 5.76. The van der Waals surface area contributed by atoms with Crippen molar-refractivity contribution >= 4 is 12.4 Å². The Kier molecular flexibility index (Phi) is 9.03. The Hall–Kier alpha value is -1.14. The van der Waals surface area contributed by atoms with Crippen molar-refractivity contribution in [3.63, 3.8) is 0 Å². The number of carboxylic acid groups (broad SMARTS) is 1. The first-order valence-corrected chi connectivity index (χ1v) is 10.8. The maximum atomic E-state index is 12.7. The summed E-state index contributed by atoms with van der Waals surface area (Å²) < 4.78 is 0. The maximum absolute atomic E-state index is 12.7. The van der Waals surface area contributed by atoms with Crippen LogP contribution in [0, 0.1) is 5.41 Å². The first-order chi connectivity index (χ1) is 13.0. The van der Waals surface area contributed by atoms with Gasteiger partial charge in [-0.15, -0.1) is 0 Å². The van der Waals surface area contributed by atoms with E-state index in [4.69, 9.17) is 9.90 Å². The van der Waals surface area contributed by atoms with Crippen molar-refractivity contribution in [1.82, 2.24) is 14.7 Å². The average molecular weight is 382 g/mol. The second kappa shape index (κ2) is 11.0. The van der Waals surface area contributed by atoms with Gasteiger partial charge in [0.25, 0.3) is 6.47 Å². The highest BCUT2D eigenvalue weighted by atomic mass is 16.3. The normalized spacial score (nSPS) is 24.7. The van der Waals surface area contributed by atoms with Gasteiger partial charge in [0.15, 0.2) is 0 Å². The Morgan fingerprint density at radius 2 is 1.63 bits per heavy atom. The van der Waals surface area contributed by atoms with Gasteiger partial charge in [-0.1, -0.05) is 25.7 Å². The molecule has 0 aromatic carbocycles. The van der Waals surface area contributed by atoms with Gasteiger partial charge < -0.3 is 14.9 Å². The molecule has 2 saturated heterocycles. The molecular formula is C21H39N3O3. The SMILES string of the molecule is CC(CCC(=O)N1CCC2(CCCCCC2)C1)N1CCN(C)CC1.O=CO. The fourth-order valence-corrected chi connectivity index (χ4v) is 4.97. The minimum atomic E-state index is -0.250. The van der Waals surface area contributed by atoms with E-state index in [0.29, 0.717) is 17.4 Å². The number of hydrogen-bond acceptors (Lipinski definition) is 4. The van der Waals surface area contributed by atoms with Crippen LogP contribution in [0.15, 0.2) is 0 Å². The van der Waals surface area contributed by atoms with E-state index in [-0.39, 0.29) is 6.47 Å². The van der Waals surface area contributed by atoms with E-state index in [1.54, 1.807) is 0 Å². The van der Waals surface area contributed by atoms with Crippen LogP contribution in [0.2, 0.25) is 0 Å². The summed E-state index contributed by atoms with van der Waals surface area (Å²) in [5.74, 6) is 0.414. The van der Waals surface area contributed by atoms with Crippen LogP contribution in [0.5, 0.6) is 0 Å². The van der Waals surface area contributed by atoms with Crippen molar-refractivity contribution in [2.45, 2.75) is 70.8 Å². The summed E-state index contributed by atoms with van der Waals surface area (Å²) in [6.45, 7) is 8.74. The summed E-state index contributed by atoms with van der Waals surface area (Å²) in [5, 5.41) is 6.89. The standard InChI is InChI=1S/C20H37N3O.CH2O2/c1-18(22-15-13-21(2)14-16-22)7-8-19(24)23-12-11-20(17-23)9-5-3-4-6-10-20;2-1-3/h18H,3-17H2,1-2H3;1H,(H,2,3). The van der Waals surface area contributed by atoms with Crippen molar-refractivity contribution in [3.05, 3.63) is 0 Å². The zero-order valence-corrected chi connectivity index (χ0v) is 17.4. The summed E-state index contributed by atoms with van der Waals surface area (Å²) in [6, 6.07) is 0.539. The van der Waals surface area contributed by atoms with Crippen molar-refractivity contribution in [2.75, 3.05) is 46.3 Å². The van der Waals surface area contributed by atoms with E-state index < -0.39 is 0 Å². The van der Waals surface area contributed by atoms with Crippen molar-refractivity contribution in [3.8, 4) is 0 Å². The van der Waals surface area contributed by atoms with Crippen LogP contribution in [-0.2, 0) is 9.59 Å². The number of rotatable bonds is 4. The van der Waals surface area contributed by atoms with Crippen LogP contribution in [0.25, 0.3) is 0 Å².